The monoisotopic (exact) mass is 184 g/mol. The third-order valence-electron chi connectivity index (χ3n) is 1.67. The van der Waals surface area contributed by atoms with Crippen molar-refractivity contribution in [3.63, 3.8) is 0 Å². The Morgan fingerprint density at radius 1 is 1.42 bits per heavy atom. The van der Waals surface area contributed by atoms with Gasteiger partial charge in [0.05, 0.1) is 7.11 Å². The number of methoxy groups -OCH3 is 1. The van der Waals surface area contributed by atoms with E-state index in [-0.39, 0.29) is 5.75 Å². The molecular weight excluding hydrogens is 172 g/mol. The van der Waals surface area contributed by atoms with Gasteiger partial charge in [0, 0.05) is 4.90 Å². The molecule has 0 amide bonds. The van der Waals surface area contributed by atoms with Crippen molar-refractivity contribution in [2.24, 2.45) is 0 Å². The van der Waals surface area contributed by atoms with Crippen LogP contribution in [0.25, 0.3) is 0 Å². The van der Waals surface area contributed by atoms with E-state index in [1.54, 1.807) is 24.9 Å². The van der Waals surface area contributed by atoms with Gasteiger partial charge in [0.1, 0.15) is 0 Å². The maximum atomic E-state index is 9.46. The van der Waals surface area contributed by atoms with E-state index < -0.39 is 0 Å². The number of benzene rings is 1. The van der Waals surface area contributed by atoms with Crippen LogP contribution in [0.3, 0.4) is 0 Å². The lowest BCUT2D eigenvalue weighted by Gasteiger charge is -2.08. The highest BCUT2D eigenvalue weighted by Gasteiger charge is 2.06. The second kappa shape index (κ2) is 3.72. The molecule has 1 N–H and O–H groups in total. The molecule has 3 heteroatoms. The van der Waals surface area contributed by atoms with Crippen molar-refractivity contribution < 1.29 is 9.84 Å². The molecule has 0 aliphatic rings. The molecule has 2 nitrogen and oxygen atoms in total. The normalized spacial score (nSPS) is 9.92. The van der Waals surface area contributed by atoms with Gasteiger partial charge in [0.25, 0.3) is 0 Å². The predicted molar refractivity (Wildman–Crippen MR) is 51.2 cm³/mol. The molecule has 0 aromatic heterocycles. The van der Waals surface area contributed by atoms with Crippen LogP contribution in [0.15, 0.2) is 17.0 Å². The van der Waals surface area contributed by atoms with Crippen LogP contribution in [0, 0.1) is 6.92 Å². The molecule has 1 aromatic rings. The number of hydrogen-bond acceptors (Lipinski definition) is 3. The summed E-state index contributed by atoms with van der Waals surface area (Å²) in [6, 6.07) is 3.69. The molecule has 0 aliphatic carbocycles. The zero-order valence-corrected chi connectivity index (χ0v) is 8.23. The molecule has 0 aliphatic heterocycles. The fourth-order valence-corrected chi connectivity index (χ4v) is 1.63. The second-order valence-corrected chi connectivity index (χ2v) is 3.38. The zero-order valence-electron chi connectivity index (χ0n) is 7.42. The number of thioether (sulfide) groups is 1. The number of rotatable bonds is 2. The number of aryl methyl sites for hydroxylation is 1. The summed E-state index contributed by atoms with van der Waals surface area (Å²) in [5, 5.41) is 9.46. The summed E-state index contributed by atoms with van der Waals surface area (Å²) >= 11 is 1.60. The van der Waals surface area contributed by atoms with Crippen molar-refractivity contribution in [2.75, 3.05) is 13.4 Å². The van der Waals surface area contributed by atoms with Gasteiger partial charge >= 0.3 is 0 Å². The summed E-state index contributed by atoms with van der Waals surface area (Å²) < 4.78 is 5.02. The molecule has 0 spiro atoms. The molecule has 66 valence electrons. The highest BCUT2D eigenvalue weighted by Crippen LogP contribution is 2.33. The minimum Gasteiger partial charge on any atom is -0.504 e. The van der Waals surface area contributed by atoms with Crippen molar-refractivity contribution in [2.45, 2.75) is 11.8 Å². The highest BCUT2D eigenvalue weighted by atomic mass is 32.2. The molecule has 0 atom stereocenters. The van der Waals surface area contributed by atoms with Crippen molar-refractivity contribution >= 4 is 11.8 Å². The van der Waals surface area contributed by atoms with Crippen LogP contribution < -0.4 is 4.74 Å². The van der Waals surface area contributed by atoms with Crippen molar-refractivity contribution in [1.29, 1.82) is 0 Å². The molecule has 1 aromatic carbocycles. The van der Waals surface area contributed by atoms with Crippen molar-refractivity contribution in [3.8, 4) is 11.5 Å². The predicted octanol–water partition coefficient (Wildman–Crippen LogP) is 2.43. The van der Waals surface area contributed by atoms with E-state index in [4.69, 9.17) is 4.74 Å². The first-order valence-electron chi connectivity index (χ1n) is 3.60. The van der Waals surface area contributed by atoms with Crippen LogP contribution in [0.4, 0.5) is 0 Å². The molecule has 0 saturated heterocycles. The Morgan fingerprint density at radius 3 is 2.50 bits per heavy atom. The van der Waals surface area contributed by atoms with Gasteiger partial charge in [0.2, 0.25) is 0 Å². The molecule has 0 fully saturated rings. The topological polar surface area (TPSA) is 29.5 Å². The average Bonchev–Trinajstić information content (AvgIpc) is 2.03. The Balaban J connectivity index is 3.18. The number of aromatic hydroxyl groups is 1. The third-order valence-corrected chi connectivity index (χ3v) is 2.38. The Kier molecular flexibility index (Phi) is 2.87. The minimum atomic E-state index is 0.210. The Morgan fingerprint density at radius 2 is 2.08 bits per heavy atom. The Labute approximate surface area is 76.6 Å². The largest absolute Gasteiger partial charge is 0.504 e. The van der Waals surface area contributed by atoms with E-state index in [0.717, 1.165) is 10.5 Å². The van der Waals surface area contributed by atoms with Gasteiger partial charge in [-0.2, -0.15) is 0 Å². The summed E-state index contributed by atoms with van der Waals surface area (Å²) in [7, 11) is 1.56. The number of phenols is 1. The fourth-order valence-electron chi connectivity index (χ4n) is 1.11. The van der Waals surface area contributed by atoms with Gasteiger partial charge in [-0.25, -0.2) is 0 Å². The summed E-state index contributed by atoms with van der Waals surface area (Å²) in [6.45, 7) is 1.91. The van der Waals surface area contributed by atoms with Crippen LogP contribution in [0.5, 0.6) is 11.5 Å². The Bertz CT molecular complexity index is 261. The standard InChI is InChI=1S/C9H12O2S/c1-6-4-7(12-3)5-8(10)9(6)11-2/h4-5,10H,1-3H3. The van der Waals surface area contributed by atoms with Crippen molar-refractivity contribution in [1.82, 2.24) is 0 Å². The van der Waals surface area contributed by atoms with Crippen LogP contribution >= 0.6 is 11.8 Å². The number of hydrogen-bond donors (Lipinski definition) is 1. The SMILES string of the molecule is COc1c(C)cc(SC)cc1O. The number of phenolic OH excluding ortho intramolecular Hbond substituents is 1. The van der Waals surface area contributed by atoms with E-state index >= 15 is 0 Å². The minimum absolute atomic E-state index is 0.210. The quantitative estimate of drug-likeness (QED) is 0.716. The Hall–Kier alpha value is -0.830. The molecular formula is C9H12O2S. The van der Waals surface area contributed by atoms with Gasteiger partial charge in [0.15, 0.2) is 11.5 Å². The molecule has 0 heterocycles. The van der Waals surface area contributed by atoms with Gasteiger partial charge in [-0.15, -0.1) is 11.8 Å². The average molecular weight is 184 g/mol. The zero-order chi connectivity index (χ0) is 9.14. The lowest BCUT2D eigenvalue weighted by atomic mass is 10.2. The first-order valence-corrected chi connectivity index (χ1v) is 4.83. The number of ether oxygens (including phenoxy) is 1. The van der Waals surface area contributed by atoms with Crippen LogP contribution in [0.2, 0.25) is 0 Å². The maximum Gasteiger partial charge on any atom is 0.163 e. The molecule has 0 bridgehead atoms. The van der Waals surface area contributed by atoms with E-state index in [1.165, 1.54) is 0 Å². The lowest BCUT2D eigenvalue weighted by molar-refractivity contribution is 0.370. The smallest absolute Gasteiger partial charge is 0.163 e. The van der Waals surface area contributed by atoms with E-state index in [1.807, 2.05) is 19.2 Å². The van der Waals surface area contributed by atoms with Gasteiger partial charge in [-0.05, 0) is 30.9 Å². The summed E-state index contributed by atoms with van der Waals surface area (Å²) in [6.07, 6.45) is 1.97. The van der Waals surface area contributed by atoms with E-state index in [9.17, 15) is 5.11 Å². The van der Waals surface area contributed by atoms with Crippen LogP contribution in [-0.2, 0) is 0 Å². The molecule has 1 rings (SSSR count). The fraction of sp³-hybridized carbons (Fsp3) is 0.333. The molecule has 0 unspecified atom stereocenters. The van der Waals surface area contributed by atoms with E-state index in [0.29, 0.717) is 5.75 Å². The molecule has 0 radical (unpaired) electrons. The summed E-state index contributed by atoms with van der Waals surface area (Å²) in [4.78, 5) is 1.05. The maximum absolute atomic E-state index is 9.46. The first kappa shape index (κ1) is 9.26. The summed E-state index contributed by atoms with van der Waals surface area (Å²) in [5.41, 5.74) is 0.960. The molecule has 0 saturated carbocycles. The van der Waals surface area contributed by atoms with Gasteiger partial charge < -0.3 is 9.84 Å². The lowest BCUT2D eigenvalue weighted by Crippen LogP contribution is -1.88. The summed E-state index contributed by atoms with van der Waals surface area (Å²) in [5.74, 6) is 0.773. The second-order valence-electron chi connectivity index (χ2n) is 2.50. The van der Waals surface area contributed by atoms with Gasteiger partial charge in [-0.1, -0.05) is 0 Å². The van der Waals surface area contributed by atoms with Gasteiger partial charge in [-0.3, -0.25) is 0 Å². The van der Waals surface area contributed by atoms with Crippen molar-refractivity contribution in [3.05, 3.63) is 17.7 Å². The third kappa shape index (κ3) is 1.67. The van der Waals surface area contributed by atoms with E-state index in [2.05, 4.69) is 0 Å². The molecule has 12 heavy (non-hydrogen) atoms. The van der Waals surface area contributed by atoms with Crippen LogP contribution in [-0.4, -0.2) is 18.5 Å². The first-order chi connectivity index (χ1) is 5.69. The highest BCUT2D eigenvalue weighted by molar-refractivity contribution is 7.98. The van der Waals surface area contributed by atoms with Crippen LogP contribution in [0.1, 0.15) is 5.56 Å².